The summed E-state index contributed by atoms with van der Waals surface area (Å²) in [5.41, 5.74) is 2.50. The van der Waals surface area contributed by atoms with Crippen molar-refractivity contribution in [3.63, 3.8) is 0 Å². The highest BCUT2D eigenvalue weighted by molar-refractivity contribution is 7.10. The number of carbonyl (C=O) groups excluding carboxylic acids is 1. The van der Waals surface area contributed by atoms with E-state index in [-0.39, 0.29) is 5.91 Å². The number of hydrogen-bond donors (Lipinski definition) is 0. The third-order valence-electron chi connectivity index (χ3n) is 4.25. The Balaban J connectivity index is 1.51. The smallest absolute Gasteiger partial charge is 0.237 e. The second-order valence-corrected chi connectivity index (χ2v) is 7.18. The molecule has 0 unspecified atom stereocenters. The Morgan fingerprint density at radius 1 is 1.29 bits per heavy atom. The second kappa shape index (κ2) is 7.81. The number of hydrogen-bond acceptors (Lipinski definition) is 4. The summed E-state index contributed by atoms with van der Waals surface area (Å²) in [6.45, 7) is 5.46. The highest BCUT2D eigenvalue weighted by atomic mass is 32.1. The molecule has 1 aromatic carbocycles. The molecule has 0 radical (unpaired) electrons. The van der Waals surface area contributed by atoms with Crippen LogP contribution >= 0.6 is 11.3 Å². The van der Waals surface area contributed by atoms with E-state index in [1.54, 1.807) is 11.3 Å². The molecule has 0 saturated heterocycles. The third-order valence-corrected chi connectivity index (χ3v) is 5.28. The van der Waals surface area contributed by atoms with Crippen LogP contribution in [0.1, 0.15) is 22.9 Å². The van der Waals surface area contributed by atoms with E-state index in [2.05, 4.69) is 28.5 Å². The first kappa shape index (κ1) is 17.0. The lowest BCUT2D eigenvalue weighted by Crippen LogP contribution is -2.41. The van der Waals surface area contributed by atoms with Gasteiger partial charge in [0.05, 0.1) is 13.2 Å². The van der Waals surface area contributed by atoms with Crippen molar-refractivity contribution in [1.82, 2.24) is 9.80 Å². The largest absolute Gasteiger partial charge is 0.494 e. The molecule has 0 spiro atoms. The SMILES string of the molecule is CCOc1ccc(CN(C)CC(=O)N2CCc3sccc3C2)cc1. The van der Waals surface area contributed by atoms with Crippen molar-refractivity contribution in [2.75, 3.05) is 26.7 Å². The van der Waals surface area contributed by atoms with E-state index in [9.17, 15) is 4.79 Å². The van der Waals surface area contributed by atoms with Crippen LogP contribution in [-0.2, 0) is 24.3 Å². The van der Waals surface area contributed by atoms with Gasteiger partial charge in [0.25, 0.3) is 0 Å². The summed E-state index contributed by atoms with van der Waals surface area (Å²) in [4.78, 5) is 18.0. The zero-order chi connectivity index (χ0) is 16.9. The maximum Gasteiger partial charge on any atom is 0.237 e. The van der Waals surface area contributed by atoms with Gasteiger partial charge in [-0.3, -0.25) is 9.69 Å². The molecule has 1 aliphatic heterocycles. The fourth-order valence-corrected chi connectivity index (χ4v) is 3.91. The van der Waals surface area contributed by atoms with Gasteiger partial charge < -0.3 is 9.64 Å². The fraction of sp³-hybridized carbons (Fsp3) is 0.421. The van der Waals surface area contributed by atoms with Crippen molar-refractivity contribution in [1.29, 1.82) is 0 Å². The Morgan fingerprint density at radius 3 is 2.83 bits per heavy atom. The highest BCUT2D eigenvalue weighted by Crippen LogP contribution is 2.24. The number of benzene rings is 1. The Morgan fingerprint density at radius 2 is 2.08 bits per heavy atom. The van der Waals surface area contributed by atoms with Crippen LogP contribution < -0.4 is 4.74 Å². The Kier molecular flexibility index (Phi) is 5.53. The van der Waals surface area contributed by atoms with Crippen LogP contribution in [0.2, 0.25) is 0 Å². The molecule has 1 amide bonds. The lowest BCUT2D eigenvalue weighted by Gasteiger charge is -2.29. The number of fused-ring (bicyclic) bond motifs is 1. The van der Waals surface area contributed by atoms with Crippen LogP contribution in [0.25, 0.3) is 0 Å². The summed E-state index contributed by atoms with van der Waals surface area (Å²) in [5, 5.41) is 2.12. The molecule has 2 aromatic rings. The van der Waals surface area contributed by atoms with Crippen molar-refractivity contribution in [3.8, 4) is 5.75 Å². The van der Waals surface area contributed by atoms with Crippen LogP contribution in [0.5, 0.6) is 5.75 Å². The summed E-state index contributed by atoms with van der Waals surface area (Å²) in [6, 6.07) is 10.2. The van der Waals surface area contributed by atoms with Crippen molar-refractivity contribution >= 4 is 17.2 Å². The third kappa shape index (κ3) is 4.16. The van der Waals surface area contributed by atoms with Crippen molar-refractivity contribution in [2.45, 2.75) is 26.4 Å². The summed E-state index contributed by atoms with van der Waals surface area (Å²) in [6.07, 6.45) is 0.987. The fourth-order valence-electron chi connectivity index (χ4n) is 3.02. The highest BCUT2D eigenvalue weighted by Gasteiger charge is 2.22. The van der Waals surface area contributed by atoms with Gasteiger partial charge in [0, 0.05) is 24.5 Å². The molecular weight excluding hydrogens is 320 g/mol. The van der Waals surface area contributed by atoms with Gasteiger partial charge in [-0.2, -0.15) is 0 Å². The van der Waals surface area contributed by atoms with E-state index in [1.165, 1.54) is 16.0 Å². The molecule has 2 heterocycles. The molecule has 0 bridgehead atoms. The summed E-state index contributed by atoms with van der Waals surface area (Å²) >= 11 is 1.80. The van der Waals surface area contributed by atoms with Gasteiger partial charge in [-0.25, -0.2) is 0 Å². The maximum absolute atomic E-state index is 12.5. The lowest BCUT2D eigenvalue weighted by atomic mass is 10.1. The molecule has 0 aliphatic carbocycles. The molecule has 128 valence electrons. The van der Waals surface area contributed by atoms with Crippen LogP contribution in [0, 0.1) is 0 Å². The van der Waals surface area contributed by atoms with Crippen molar-refractivity contribution in [3.05, 3.63) is 51.7 Å². The first-order valence-corrected chi connectivity index (χ1v) is 9.27. The average Bonchev–Trinajstić information content (AvgIpc) is 3.04. The number of ether oxygens (including phenoxy) is 1. The van der Waals surface area contributed by atoms with Crippen LogP contribution in [-0.4, -0.2) is 42.5 Å². The molecule has 3 rings (SSSR count). The Labute approximate surface area is 147 Å². The van der Waals surface area contributed by atoms with Gasteiger partial charge in [0.2, 0.25) is 5.91 Å². The molecule has 0 N–H and O–H groups in total. The van der Waals surface area contributed by atoms with Crippen molar-refractivity contribution in [2.24, 2.45) is 0 Å². The molecule has 1 aliphatic rings. The van der Waals surface area contributed by atoms with E-state index >= 15 is 0 Å². The van der Waals surface area contributed by atoms with E-state index in [0.717, 1.165) is 31.8 Å². The summed E-state index contributed by atoms with van der Waals surface area (Å²) in [7, 11) is 1.99. The van der Waals surface area contributed by atoms with Crippen molar-refractivity contribution < 1.29 is 9.53 Å². The molecule has 5 heteroatoms. The summed E-state index contributed by atoms with van der Waals surface area (Å²) in [5.74, 6) is 1.10. The first-order valence-electron chi connectivity index (χ1n) is 8.39. The number of likely N-dealkylation sites (N-methyl/N-ethyl adjacent to an activating group) is 1. The quantitative estimate of drug-likeness (QED) is 0.807. The Bertz CT molecular complexity index is 681. The summed E-state index contributed by atoms with van der Waals surface area (Å²) < 4.78 is 5.46. The standard InChI is InChI=1S/C19H24N2O2S/c1-3-23-17-6-4-15(5-7-17)12-20(2)14-19(22)21-10-8-18-16(13-21)9-11-24-18/h4-7,9,11H,3,8,10,12-14H2,1-2H3. The van der Waals surface area contributed by atoms with Gasteiger partial charge in [0.1, 0.15) is 5.75 Å². The van der Waals surface area contributed by atoms with Crippen LogP contribution in [0.4, 0.5) is 0 Å². The Hall–Kier alpha value is -1.85. The number of carbonyl (C=O) groups is 1. The van der Waals surface area contributed by atoms with Gasteiger partial charge in [-0.1, -0.05) is 12.1 Å². The molecule has 4 nitrogen and oxygen atoms in total. The van der Waals surface area contributed by atoms with Crippen LogP contribution in [0.3, 0.4) is 0 Å². The van der Waals surface area contributed by atoms with Gasteiger partial charge in [-0.15, -0.1) is 11.3 Å². The van der Waals surface area contributed by atoms with E-state index < -0.39 is 0 Å². The minimum atomic E-state index is 0.209. The van der Waals surface area contributed by atoms with E-state index in [1.807, 2.05) is 31.0 Å². The minimum absolute atomic E-state index is 0.209. The monoisotopic (exact) mass is 344 g/mol. The van der Waals surface area contributed by atoms with Gasteiger partial charge in [-0.05, 0) is 55.1 Å². The normalized spacial score (nSPS) is 13.9. The van der Waals surface area contributed by atoms with Gasteiger partial charge in [0.15, 0.2) is 0 Å². The second-order valence-electron chi connectivity index (χ2n) is 6.18. The number of amides is 1. The number of thiophene rings is 1. The average molecular weight is 344 g/mol. The van der Waals surface area contributed by atoms with Crippen LogP contribution in [0.15, 0.2) is 35.7 Å². The predicted octanol–water partition coefficient (Wildman–Crippen LogP) is 3.16. The topological polar surface area (TPSA) is 32.8 Å². The predicted molar refractivity (Wildman–Crippen MR) is 97.4 cm³/mol. The molecule has 24 heavy (non-hydrogen) atoms. The first-order chi connectivity index (χ1) is 11.7. The lowest BCUT2D eigenvalue weighted by molar-refractivity contribution is -0.133. The minimum Gasteiger partial charge on any atom is -0.494 e. The van der Waals surface area contributed by atoms with E-state index in [4.69, 9.17) is 4.74 Å². The number of rotatable bonds is 6. The molecule has 0 saturated carbocycles. The molecule has 0 atom stereocenters. The molecule has 1 aromatic heterocycles. The van der Waals surface area contributed by atoms with Gasteiger partial charge >= 0.3 is 0 Å². The zero-order valence-electron chi connectivity index (χ0n) is 14.3. The maximum atomic E-state index is 12.5. The zero-order valence-corrected chi connectivity index (χ0v) is 15.1. The molecular formula is C19H24N2O2S. The molecule has 0 fully saturated rings. The number of nitrogens with zero attached hydrogens (tertiary/aromatic N) is 2. The van der Waals surface area contributed by atoms with E-state index in [0.29, 0.717) is 13.2 Å².